The summed E-state index contributed by atoms with van der Waals surface area (Å²) in [6.07, 6.45) is -1.02. The topological polar surface area (TPSA) is 244 Å². The number of aliphatic hydroxyl groups excluding tert-OH is 2. The Bertz CT molecular complexity index is 3230. The molecule has 2 unspecified atom stereocenters. The third-order valence-electron chi connectivity index (χ3n) is 12.9. The second-order valence-electron chi connectivity index (χ2n) is 20.3. The van der Waals surface area contributed by atoms with Crippen LogP contribution in [0.4, 0.5) is 41.1 Å². The summed E-state index contributed by atoms with van der Waals surface area (Å²) in [4.78, 5) is 44.2. The predicted molar refractivity (Wildman–Crippen MR) is 305 cm³/mol. The van der Waals surface area contributed by atoms with Gasteiger partial charge in [-0.15, -0.1) is 0 Å². The first-order chi connectivity index (χ1) is 37.8. The lowest BCUT2D eigenvalue weighted by Crippen LogP contribution is -2.44. The minimum absolute atomic E-state index is 0.0316. The molecule has 2 heterocycles. The molecule has 0 bridgehead atoms. The van der Waals surface area contributed by atoms with Crippen LogP contribution in [-0.4, -0.2) is 124 Å². The van der Waals surface area contributed by atoms with Crippen molar-refractivity contribution in [3.8, 4) is 0 Å². The Kier molecular flexibility index (Phi) is 21.4. The van der Waals surface area contributed by atoms with Gasteiger partial charge >= 0.3 is 12.1 Å². The average Bonchev–Trinajstić information content (AvgIpc) is 4.00. The minimum Gasteiger partial charge on any atom is -0.387 e. The molecule has 6 aromatic carbocycles. The molecule has 4 amide bonds. The lowest BCUT2D eigenvalue weighted by molar-refractivity contribution is -0.0674. The molecule has 8 rings (SSSR count). The van der Waals surface area contributed by atoms with Gasteiger partial charge in [-0.25, -0.2) is 35.2 Å². The molecule has 18 nitrogen and oxygen atoms in total. The summed E-state index contributed by atoms with van der Waals surface area (Å²) in [5, 5.41) is 23.7. The number of rotatable bonds is 22. The van der Waals surface area contributed by atoms with Crippen molar-refractivity contribution in [2.75, 3.05) is 71.7 Å². The van der Waals surface area contributed by atoms with Crippen molar-refractivity contribution < 1.29 is 54.9 Å². The van der Waals surface area contributed by atoms with Crippen molar-refractivity contribution in [1.29, 1.82) is 0 Å². The lowest BCUT2D eigenvalue weighted by Gasteiger charge is -2.30. The molecule has 6 aromatic rings. The maximum Gasteiger partial charge on any atom is 0.324 e. The predicted octanol–water partition coefficient (Wildman–Crippen LogP) is 8.58. The van der Waals surface area contributed by atoms with E-state index < -0.39 is 38.2 Å². The van der Waals surface area contributed by atoms with E-state index in [4.69, 9.17) is 10.5 Å². The molecule has 0 aliphatic carbocycles. The highest BCUT2D eigenvalue weighted by Gasteiger charge is 2.32. The Morgan fingerprint density at radius 2 is 1.07 bits per heavy atom. The molecule has 2 aliphatic heterocycles. The highest BCUT2D eigenvalue weighted by molar-refractivity contribution is 7.93. The molecule has 2 fully saturated rings. The molecule has 22 heteroatoms. The lowest BCUT2D eigenvalue weighted by atomic mass is 9.99. The summed E-state index contributed by atoms with van der Waals surface area (Å²) in [6.45, 7) is 13.6. The molecule has 80 heavy (non-hydrogen) atoms. The first-order valence-electron chi connectivity index (χ1n) is 25.9. The number of nitrogens with one attached hydrogen (secondary N) is 3. The number of hydrogen-bond acceptors (Lipinski definition) is 12. The van der Waals surface area contributed by atoms with Gasteiger partial charge in [0.05, 0.1) is 15.9 Å². The van der Waals surface area contributed by atoms with Crippen LogP contribution in [0.2, 0.25) is 0 Å². The van der Waals surface area contributed by atoms with Crippen LogP contribution in [-0.2, 0) is 24.8 Å². The van der Waals surface area contributed by atoms with Gasteiger partial charge in [-0.1, -0.05) is 60.7 Å². The van der Waals surface area contributed by atoms with Crippen molar-refractivity contribution in [3.05, 3.63) is 180 Å². The van der Waals surface area contributed by atoms with Crippen LogP contribution in [0.25, 0.3) is 0 Å². The van der Waals surface area contributed by atoms with Crippen molar-refractivity contribution in [1.82, 2.24) is 15.1 Å². The molecular weight excluding hydrogens is 1070 g/mol. The number of amides is 4. The zero-order valence-corrected chi connectivity index (χ0v) is 47.0. The van der Waals surface area contributed by atoms with Crippen molar-refractivity contribution in [3.63, 3.8) is 0 Å². The molecule has 0 spiro atoms. The number of ether oxygens (including phenoxy) is 1. The zero-order valence-electron chi connectivity index (χ0n) is 45.3. The highest BCUT2D eigenvalue weighted by Crippen LogP contribution is 2.26. The highest BCUT2D eigenvalue weighted by atomic mass is 32.2. The van der Waals surface area contributed by atoms with Gasteiger partial charge in [0.1, 0.15) is 11.6 Å². The summed E-state index contributed by atoms with van der Waals surface area (Å²) in [5.74, 6) is -1.27. The van der Waals surface area contributed by atoms with E-state index >= 15 is 0 Å². The Labute approximate surface area is 467 Å². The number of carbonyl (C=O) groups excluding carboxylic acids is 3. The van der Waals surface area contributed by atoms with Crippen LogP contribution < -0.4 is 30.3 Å². The van der Waals surface area contributed by atoms with Crippen molar-refractivity contribution >= 4 is 60.6 Å². The number of carbonyl (C=O) groups is 3. The van der Waals surface area contributed by atoms with Crippen LogP contribution in [0.3, 0.4) is 0 Å². The second kappa shape index (κ2) is 27.7. The number of hydrogen-bond donors (Lipinski definition) is 6. The first kappa shape index (κ1) is 61.9. The Balaban J connectivity index is 0.000000209. The molecule has 2 atom stereocenters. The number of ketones is 1. The van der Waals surface area contributed by atoms with Crippen LogP contribution >= 0.6 is 0 Å². The smallest absolute Gasteiger partial charge is 0.324 e. The monoisotopic (exact) mass is 1140 g/mol. The minimum atomic E-state index is -3.74. The summed E-state index contributed by atoms with van der Waals surface area (Å²) >= 11 is 0. The van der Waals surface area contributed by atoms with Gasteiger partial charge in [0.25, 0.3) is 20.0 Å². The maximum atomic E-state index is 13.2. The molecule has 428 valence electrons. The number of nitrogens with two attached hydrogens (primary N) is 1. The van der Waals surface area contributed by atoms with Crippen LogP contribution in [0, 0.1) is 11.6 Å². The van der Waals surface area contributed by atoms with Crippen molar-refractivity contribution in [2.24, 2.45) is 5.73 Å². The van der Waals surface area contributed by atoms with E-state index in [1.165, 1.54) is 72.8 Å². The second-order valence-corrected chi connectivity index (χ2v) is 23.6. The molecule has 2 saturated heterocycles. The number of β-amino-alcohol motifs (C(OH)–C–C–N with tert-alkyl or cyclic N) is 1. The van der Waals surface area contributed by atoms with Crippen LogP contribution in [0.1, 0.15) is 69.5 Å². The average molecular weight is 1140 g/mol. The maximum absolute atomic E-state index is 13.2. The van der Waals surface area contributed by atoms with Gasteiger partial charge in [0.15, 0.2) is 0 Å². The fraction of sp³-hybridized carbons (Fsp3) is 0.328. The van der Waals surface area contributed by atoms with Crippen LogP contribution in [0.15, 0.2) is 168 Å². The fourth-order valence-electron chi connectivity index (χ4n) is 8.27. The fourth-order valence-corrected chi connectivity index (χ4v) is 10.4. The molecule has 0 saturated carbocycles. The third kappa shape index (κ3) is 18.1. The van der Waals surface area contributed by atoms with E-state index in [9.17, 15) is 50.2 Å². The summed E-state index contributed by atoms with van der Waals surface area (Å²) in [6, 6.07) is 40.3. The summed E-state index contributed by atoms with van der Waals surface area (Å²) in [7, 11) is -7.48. The number of anilines is 4. The largest absolute Gasteiger partial charge is 0.387 e. The van der Waals surface area contributed by atoms with E-state index in [1.54, 1.807) is 111 Å². The zero-order chi connectivity index (χ0) is 58.3. The van der Waals surface area contributed by atoms with Gasteiger partial charge in [0, 0.05) is 91.8 Å². The number of urea groups is 2. The first-order valence-corrected chi connectivity index (χ1v) is 28.9. The number of Topliss-reactive ketones (excluding diaryl/α,β-unsaturated/α-hetero) is 1. The summed E-state index contributed by atoms with van der Waals surface area (Å²) < 4.78 is 85.6. The normalized spacial score (nSPS) is 14.7. The standard InChI is InChI=1S/C28H33FN4O4S.C16H17NO5S.C14H20FN3O/c1-28(2,15-16-32-17-18-33(27(32)35)24-13-11-22(29)12-14-24)30-20-26(34)21-7-6-8-23(19-21)31-38(36,37)25-9-4-3-5-10-25;1-2-22-16(19)15(18)12-7-6-8-13(11-12)17-23(20,21)14-9-4-3-5-10-14;1-14(2,16)7-8-17-9-10-18(13(17)19)12-5-3-11(15)4-6-12/h3-14,19,26,30-31,34H,15-18,20H2,1-2H3;3-11,16-17,19H,2H2,1H3;3-6H,7-10,16H2,1-2H3. The molecule has 0 aromatic heterocycles. The Hall–Kier alpha value is -7.31. The van der Waals surface area contributed by atoms with Gasteiger partial charge < -0.3 is 35.8 Å². The van der Waals surface area contributed by atoms with Gasteiger partial charge in [0.2, 0.25) is 12.1 Å². The van der Waals surface area contributed by atoms with Crippen LogP contribution in [0.5, 0.6) is 0 Å². The van der Waals surface area contributed by atoms with Gasteiger partial charge in [-0.3, -0.25) is 24.0 Å². The van der Waals surface area contributed by atoms with E-state index in [0.29, 0.717) is 62.6 Å². The number of aliphatic hydroxyl groups is 2. The molecule has 0 radical (unpaired) electrons. The Morgan fingerprint density at radius 3 is 1.54 bits per heavy atom. The number of halogens is 2. The Morgan fingerprint density at radius 1 is 0.625 bits per heavy atom. The quantitative estimate of drug-likeness (QED) is 0.0277. The van der Waals surface area contributed by atoms with Gasteiger partial charge in [-0.05, 0) is 150 Å². The van der Waals surface area contributed by atoms with E-state index in [2.05, 4.69) is 14.8 Å². The third-order valence-corrected chi connectivity index (χ3v) is 15.6. The van der Waals surface area contributed by atoms with Crippen molar-refractivity contribution in [2.45, 2.75) is 80.7 Å². The molecular formula is C58H70F2N8O10S2. The van der Waals surface area contributed by atoms with Gasteiger partial charge in [-0.2, -0.15) is 0 Å². The SMILES string of the molecule is CC(C)(CCN1CCN(c2ccc(F)cc2)C1=O)NCC(O)c1cccc(NS(=O)(=O)c2ccccc2)c1.CC(C)(N)CCN1CCN(c2ccc(F)cc2)C1=O.CCOC(O)C(=O)c1cccc(NS(=O)(=O)c2ccccc2)c1. The van der Waals surface area contributed by atoms with E-state index in [1.807, 2.05) is 27.7 Å². The van der Waals surface area contributed by atoms with E-state index in [-0.39, 0.29) is 69.0 Å². The summed E-state index contributed by atoms with van der Waals surface area (Å²) in [5.41, 5.74) is 8.00. The molecule has 7 N–H and O–H groups in total. The number of sulfonamides is 2. The number of nitrogens with zero attached hydrogens (tertiary/aromatic N) is 4. The molecule has 2 aliphatic rings. The van der Waals surface area contributed by atoms with E-state index in [0.717, 1.165) is 12.1 Å². The number of benzene rings is 6.